The molecule has 4 nitrogen and oxygen atoms in total. The van der Waals surface area contributed by atoms with Crippen LogP contribution in [-0.2, 0) is 14.6 Å². The van der Waals surface area contributed by atoms with Gasteiger partial charge in [-0.1, -0.05) is 6.07 Å². The fourth-order valence-corrected chi connectivity index (χ4v) is 2.43. The Morgan fingerprint density at radius 3 is 2.59 bits per heavy atom. The molecule has 0 aromatic heterocycles. The average molecular weight is 367 g/mol. The second kappa shape index (κ2) is 5.81. The Kier molecular flexibility index (Phi) is 4.93. The van der Waals surface area contributed by atoms with Gasteiger partial charge in [-0.25, -0.2) is 8.42 Å². The number of anilines is 1. The third-order valence-corrected chi connectivity index (χ3v) is 4.93. The van der Waals surface area contributed by atoms with Crippen LogP contribution in [0.2, 0.25) is 0 Å². The first kappa shape index (κ1) is 14.4. The molecule has 6 heteroatoms. The lowest BCUT2D eigenvalue weighted by atomic mass is 10.3. The molecule has 94 valence electrons. The van der Waals surface area contributed by atoms with Crippen LogP contribution < -0.4 is 5.32 Å². The van der Waals surface area contributed by atoms with Crippen molar-refractivity contribution < 1.29 is 13.2 Å². The maximum Gasteiger partial charge on any atom is 0.239 e. The summed E-state index contributed by atoms with van der Waals surface area (Å²) in [6.07, 6.45) is 0. The van der Waals surface area contributed by atoms with E-state index in [2.05, 4.69) is 27.9 Å². The monoisotopic (exact) mass is 367 g/mol. The molecule has 0 saturated heterocycles. The zero-order valence-corrected chi connectivity index (χ0v) is 12.6. The molecule has 1 N–H and O–H groups in total. The summed E-state index contributed by atoms with van der Waals surface area (Å²) in [6, 6.07) is 7.19. The molecule has 1 rings (SSSR count). The van der Waals surface area contributed by atoms with Crippen molar-refractivity contribution in [1.29, 1.82) is 0 Å². The number of carbonyl (C=O) groups is 1. The number of rotatable bonds is 4. The van der Waals surface area contributed by atoms with Crippen LogP contribution in [0.25, 0.3) is 0 Å². The molecule has 0 aliphatic carbocycles. The maximum absolute atomic E-state index is 11.6. The van der Waals surface area contributed by atoms with Gasteiger partial charge in [0.15, 0.2) is 9.84 Å². The highest BCUT2D eigenvalue weighted by atomic mass is 127. The molecule has 0 saturated carbocycles. The van der Waals surface area contributed by atoms with Crippen LogP contribution in [-0.4, -0.2) is 25.3 Å². The van der Waals surface area contributed by atoms with E-state index in [-0.39, 0.29) is 0 Å². The van der Waals surface area contributed by atoms with E-state index in [1.165, 1.54) is 0 Å². The summed E-state index contributed by atoms with van der Waals surface area (Å²) in [4.78, 5) is 11.6. The number of amides is 1. The number of halogens is 1. The van der Waals surface area contributed by atoms with Crippen molar-refractivity contribution in [3.8, 4) is 0 Å². The molecule has 17 heavy (non-hydrogen) atoms. The van der Waals surface area contributed by atoms with Gasteiger partial charge in [0.1, 0.15) is 5.75 Å². The summed E-state index contributed by atoms with van der Waals surface area (Å²) in [6.45, 7) is 3.13. The highest BCUT2D eigenvalue weighted by Gasteiger charge is 2.20. The molecular weight excluding hydrogens is 353 g/mol. The predicted octanol–water partition coefficient (Wildman–Crippen LogP) is 2.05. The highest BCUT2D eigenvalue weighted by molar-refractivity contribution is 14.1. The van der Waals surface area contributed by atoms with Gasteiger partial charge in [0.2, 0.25) is 5.91 Å². The number of hydrogen-bond acceptors (Lipinski definition) is 3. The Morgan fingerprint density at radius 1 is 1.41 bits per heavy atom. The lowest BCUT2D eigenvalue weighted by molar-refractivity contribution is -0.113. The standard InChI is InChI=1S/C11H14INO3S/c1-8(2)17(15,16)7-11(14)13-10-5-3-4-9(12)6-10/h3-6,8H,7H2,1-2H3,(H,13,14). The highest BCUT2D eigenvalue weighted by Crippen LogP contribution is 2.12. The largest absolute Gasteiger partial charge is 0.325 e. The van der Waals surface area contributed by atoms with Crippen molar-refractivity contribution >= 4 is 44.0 Å². The molecule has 0 radical (unpaired) electrons. The van der Waals surface area contributed by atoms with E-state index < -0.39 is 26.7 Å². The summed E-state index contributed by atoms with van der Waals surface area (Å²) in [5.41, 5.74) is 0.612. The fraction of sp³-hybridized carbons (Fsp3) is 0.364. The van der Waals surface area contributed by atoms with Gasteiger partial charge < -0.3 is 5.32 Å². The molecule has 1 aromatic rings. The lowest BCUT2D eigenvalue weighted by Crippen LogP contribution is -2.27. The van der Waals surface area contributed by atoms with Gasteiger partial charge in [-0.05, 0) is 54.6 Å². The first-order chi connectivity index (χ1) is 7.81. The van der Waals surface area contributed by atoms with Crippen LogP contribution in [0.5, 0.6) is 0 Å². The molecule has 1 aromatic carbocycles. The summed E-state index contributed by atoms with van der Waals surface area (Å²) >= 11 is 2.12. The van der Waals surface area contributed by atoms with E-state index in [4.69, 9.17) is 0 Å². The first-order valence-corrected chi connectivity index (χ1v) is 7.87. The Morgan fingerprint density at radius 2 is 2.06 bits per heavy atom. The third-order valence-electron chi connectivity index (χ3n) is 2.16. The Hall–Kier alpha value is -0.630. The molecule has 0 aliphatic rings. The first-order valence-electron chi connectivity index (χ1n) is 5.08. The summed E-state index contributed by atoms with van der Waals surface area (Å²) < 4.78 is 24.0. The van der Waals surface area contributed by atoms with Crippen LogP contribution in [0.3, 0.4) is 0 Å². The SMILES string of the molecule is CC(C)S(=O)(=O)CC(=O)Nc1cccc(I)c1. The predicted molar refractivity (Wildman–Crippen MR) is 76.7 cm³/mol. The number of benzene rings is 1. The molecule has 0 atom stereocenters. The zero-order valence-electron chi connectivity index (χ0n) is 9.60. The molecule has 0 fully saturated rings. The summed E-state index contributed by atoms with van der Waals surface area (Å²) in [7, 11) is -3.34. The van der Waals surface area contributed by atoms with Crippen molar-refractivity contribution in [3.63, 3.8) is 0 Å². The van der Waals surface area contributed by atoms with Crippen molar-refractivity contribution in [2.75, 3.05) is 11.1 Å². The number of sulfone groups is 1. The van der Waals surface area contributed by atoms with E-state index in [1.807, 2.05) is 6.07 Å². The van der Waals surface area contributed by atoms with Gasteiger partial charge in [0.05, 0.1) is 5.25 Å². The summed E-state index contributed by atoms with van der Waals surface area (Å²) in [5, 5.41) is 2.03. The van der Waals surface area contributed by atoms with Crippen LogP contribution in [0.1, 0.15) is 13.8 Å². The van der Waals surface area contributed by atoms with Crippen LogP contribution in [0, 0.1) is 3.57 Å². The number of hydrogen-bond donors (Lipinski definition) is 1. The quantitative estimate of drug-likeness (QED) is 0.829. The van der Waals surface area contributed by atoms with Crippen molar-refractivity contribution in [2.45, 2.75) is 19.1 Å². The Balaban J connectivity index is 2.69. The average Bonchev–Trinajstić information content (AvgIpc) is 2.15. The van der Waals surface area contributed by atoms with Gasteiger partial charge in [0.25, 0.3) is 0 Å². The minimum atomic E-state index is -3.34. The van der Waals surface area contributed by atoms with Gasteiger partial charge in [-0.2, -0.15) is 0 Å². The van der Waals surface area contributed by atoms with E-state index >= 15 is 0 Å². The molecule has 0 spiro atoms. The zero-order chi connectivity index (χ0) is 13.1. The van der Waals surface area contributed by atoms with Crippen LogP contribution >= 0.6 is 22.6 Å². The van der Waals surface area contributed by atoms with Crippen molar-refractivity contribution in [2.24, 2.45) is 0 Å². The van der Waals surface area contributed by atoms with E-state index in [1.54, 1.807) is 32.0 Å². The minimum Gasteiger partial charge on any atom is -0.325 e. The summed E-state index contributed by atoms with van der Waals surface area (Å²) in [5.74, 6) is -0.975. The third kappa shape index (κ3) is 4.63. The second-order valence-electron chi connectivity index (χ2n) is 3.91. The molecule has 1 amide bonds. The lowest BCUT2D eigenvalue weighted by Gasteiger charge is -2.08. The molecule has 0 aliphatic heterocycles. The van der Waals surface area contributed by atoms with Gasteiger partial charge in [-0.3, -0.25) is 4.79 Å². The Labute approximate surface area is 115 Å². The normalized spacial score (nSPS) is 11.5. The van der Waals surface area contributed by atoms with Gasteiger partial charge in [-0.15, -0.1) is 0 Å². The number of nitrogens with one attached hydrogen (secondary N) is 1. The Bertz CT molecular complexity index is 511. The topological polar surface area (TPSA) is 63.2 Å². The van der Waals surface area contributed by atoms with Crippen LogP contribution in [0.15, 0.2) is 24.3 Å². The van der Waals surface area contributed by atoms with E-state index in [9.17, 15) is 13.2 Å². The minimum absolute atomic E-state index is 0.476. The van der Waals surface area contributed by atoms with Gasteiger partial charge >= 0.3 is 0 Å². The molecule has 0 unspecified atom stereocenters. The van der Waals surface area contributed by atoms with E-state index in [0.29, 0.717) is 5.69 Å². The number of carbonyl (C=O) groups excluding carboxylic acids is 1. The van der Waals surface area contributed by atoms with Crippen molar-refractivity contribution in [1.82, 2.24) is 0 Å². The fourth-order valence-electron chi connectivity index (χ4n) is 1.11. The molecular formula is C11H14INO3S. The molecule has 0 heterocycles. The second-order valence-corrected chi connectivity index (χ2v) is 7.72. The molecule has 0 bridgehead atoms. The van der Waals surface area contributed by atoms with Crippen LogP contribution in [0.4, 0.5) is 5.69 Å². The van der Waals surface area contributed by atoms with E-state index in [0.717, 1.165) is 3.57 Å². The van der Waals surface area contributed by atoms with Gasteiger partial charge in [0, 0.05) is 9.26 Å². The van der Waals surface area contributed by atoms with Crippen molar-refractivity contribution in [3.05, 3.63) is 27.8 Å². The smallest absolute Gasteiger partial charge is 0.239 e. The maximum atomic E-state index is 11.6.